The van der Waals surface area contributed by atoms with E-state index in [0.29, 0.717) is 0 Å². The number of anilines is 1. The number of nitrogens with zero attached hydrogens (tertiary/aromatic N) is 2. The summed E-state index contributed by atoms with van der Waals surface area (Å²) < 4.78 is 51.4. The highest BCUT2D eigenvalue weighted by Crippen LogP contribution is 2.24. The lowest BCUT2D eigenvalue weighted by Gasteiger charge is -2.06. The maximum Gasteiger partial charge on any atom is 0.271 e. The molecule has 2 heterocycles. The molecule has 0 aliphatic rings. The van der Waals surface area contributed by atoms with E-state index in [0.717, 1.165) is 23.5 Å². The number of hydrogen-bond acceptors (Lipinski definition) is 5. The van der Waals surface area contributed by atoms with Crippen molar-refractivity contribution < 1.29 is 17.2 Å². The average Bonchev–Trinajstić information content (AvgIpc) is 2.82. The van der Waals surface area contributed by atoms with Crippen LogP contribution in [0.25, 0.3) is 0 Å². The lowest BCUT2D eigenvalue weighted by Crippen LogP contribution is -2.13. The van der Waals surface area contributed by atoms with Crippen LogP contribution in [0.3, 0.4) is 0 Å². The molecule has 9 heteroatoms. The monoisotopic (exact) mass is 301 g/mol. The van der Waals surface area contributed by atoms with Crippen molar-refractivity contribution in [3.05, 3.63) is 41.0 Å². The molecule has 0 atom stereocenters. The number of rotatable bonds is 3. The molecule has 98 valence electrons. The summed E-state index contributed by atoms with van der Waals surface area (Å²) in [5.74, 6) is -2.32. The van der Waals surface area contributed by atoms with E-state index in [1.165, 1.54) is 12.1 Å². The van der Waals surface area contributed by atoms with Gasteiger partial charge in [0.25, 0.3) is 10.0 Å². The Morgan fingerprint density at radius 2 is 2.00 bits per heavy atom. The summed E-state index contributed by atoms with van der Waals surface area (Å²) in [4.78, 5) is 3.07. The minimum atomic E-state index is -4.02. The summed E-state index contributed by atoms with van der Waals surface area (Å²) in [6.45, 7) is 0. The Labute approximate surface area is 111 Å². The second-order valence-electron chi connectivity index (χ2n) is 3.31. The highest BCUT2D eigenvalue weighted by Gasteiger charge is 2.19. The van der Waals surface area contributed by atoms with Gasteiger partial charge in [-0.25, -0.2) is 8.42 Å². The van der Waals surface area contributed by atoms with Gasteiger partial charge in [0.2, 0.25) is 11.9 Å². The SMILES string of the molecule is N#Cc1ccc(S(=O)(=O)Nc2ccc(F)nc2F)s1. The van der Waals surface area contributed by atoms with Crippen LogP contribution in [-0.4, -0.2) is 13.4 Å². The summed E-state index contributed by atoms with van der Waals surface area (Å²) >= 11 is 0.740. The fourth-order valence-electron chi connectivity index (χ4n) is 1.21. The number of aromatic nitrogens is 1. The maximum absolute atomic E-state index is 13.2. The first-order valence-electron chi connectivity index (χ1n) is 4.77. The van der Waals surface area contributed by atoms with Gasteiger partial charge in [-0.05, 0) is 24.3 Å². The highest BCUT2D eigenvalue weighted by atomic mass is 32.2. The smallest absolute Gasteiger partial charge is 0.271 e. The largest absolute Gasteiger partial charge is 0.274 e. The van der Waals surface area contributed by atoms with Crippen molar-refractivity contribution >= 4 is 27.0 Å². The standard InChI is InChI=1S/C10H5F2N3O2S2/c11-8-3-2-7(10(12)14-8)15-19(16,17)9-4-1-6(5-13)18-9/h1-4,15H. The fourth-order valence-corrected chi connectivity index (χ4v) is 3.37. The summed E-state index contributed by atoms with van der Waals surface area (Å²) in [5.41, 5.74) is -0.465. The van der Waals surface area contributed by atoms with Crippen LogP contribution in [0.15, 0.2) is 28.5 Å². The van der Waals surface area contributed by atoms with E-state index in [1.807, 2.05) is 4.72 Å². The van der Waals surface area contributed by atoms with Gasteiger partial charge in [-0.15, -0.1) is 11.3 Å². The third-order valence-corrected chi connectivity index (χ3v) is 4.86. The van der Waals surface area contributed by atoms with Crippen molar-refractivity contribution in [3.63, 3.8) is 0 Å². The van der Waals surface area contributed by atoms with Gasteiger partial charge in [-0.3, -0.25) is 4.72 Å². The quantitative estimate of drug-likeness (QED) is 0.880. The molecule has 0 aliphatic heterocycles. The Hall–Kier alpha value is -2.05. The van der Waals surface area contributed by atoms with E-state index in [1.54, 1.807) is 6.07 Å². The van der Waals surface area contributed by atoms with E-state index in [9.17, 15) is 17.2 Å². The van der Waals surface area contributed by atoms with Crippen molar-refractivity contribution in [1.82, 2.24) is 4.98 Å². The highest BCUT2D eigenvalue weighted by molar-refractivity contribution is 7.94. The molecule has 0 aliphatic carbocycles. The first kappa shape index (κ1) is 13.4. The minimum absolute atomic E-state index is 0.146. The normalized spacial score (nSPS) is 11.0. The molecule has 0 saturated carbocycles. The average molecular weight is 301 g/mol. The third kappa shape index (κ3) is 2.86. The van der Waals surface area contributed by atoms with E-state index in [4.69, 9.17) is 5.26 Å². The number of hydrogen-bond donors (Lipinski definition) is 1. The number of nitrogens with one attached hydrogen (secondary N) is 1. The predicted octanol–water partition coefficient (Wildman–Crippen LogP) is 2.09. The molecule has 0 fully saturated rings. The van der Waals surface area contributed by atoms with Crippen LogP contribution in [0.1, 0.15) is 4.88 Å². The maximum atomic E-state index is 13.2. The summed E-state index contributed by atoms with van der Waals surface area (Å²) in [6, 6.07) is 6.10. The molecular formula is C10H5F2N3O2S2. The molecule has 2 aromatic heterocycles. The summed E-state index contributed by atoms with van der Waals surface area (Å²) in [5, 5.41) is 8.61. The Balaban J connectivity index is 2.34. The van der Waals surface area contributed by atoms with Crippen LogP contribution >= 0.6 is 11.3 Å². The van der Waals surface area contributed by atoms with Gasteiger partial charge >= 0.3 is 0 Å². The zero-order valence-electron chi connectivity index (χ0n) is 9.09. The minimum Gasteiger partial charge on any atom is -0.274 e. The molecule has 0 spiro atoms. The zero-order valence-corrected chi connectivity index (χ0v) is 10.7. The van der Waals surface area contributed by atoms with Crippen molar-refractivity contribution in [2.24, 2.45) is 0 Å². The molecule has 2 rings (SSSR count). The lowest BCUT2D eigenvalue weighted by atomic mass is 10.4. The Kier molecular flexibility index (Phi) is 3.46. The number of nitriles is 1. The Morgan fingerprint density at radius 3 is 2.58 bits per heavy atom. The molecule has 0 bridgehead atoms. The molecule has 5 nitrogen and oxygen atoms in total. The lowest BCUT2D eigenvalue weighted by molar-refractivity contribution is 0.515. The first-order valence-corrected chi connectivity index (χ1v) is 7.07. The molecular weight excluding hydrogens is 296 g/mol. The van der Waals surface area contributed by atoms with Gasteiger partial charge in [0.1, 0.15) is 20.8 Å². The van der Waals surface area contributed by atoms with Crippen molar-refractivity contribution in [3.8, 4) is 6.07 Å². The number of pyridine rings is 1. The van der Waals surface area contributed by atoms with Crippen LogP contribution in [0.5, 0.6) is 0 Å². The molecule has 0 amide bonds. The molecule has 1 N–H and O–H groups in total. The van der Waals surface area contributed by atoms with Crippen LogP contribution < -0.4 is 4.72 Å². The Bertz CT molecular complexity index is 765. The molecule has 0 unspecified atom stereocenters. The molecule has 2 aromatic rings. The van der Waals surface area contributed by atoms with Crippen LogP contribution in [-0.2, 0) is 10.0 Å². The van der Waals surface area contributed by atoms with Gasteiger partial charge in [-0.2, -0.15) is 19.0 Å². The van der Waals surface area contributed by atoms with Gasteiger partial charge in [-0.1, -0.05) is 0 Å². The van der Waals surface area contributed by atoms with Crippen molar-refractivity contribution in [2.75, 3.05) is 4.72 Å². The van der Waals surface area contributed by atoms with E-state index in [2.05, 4.69) is 4.98 Å². The van der Waals surface area contributed by atoms with E-state index in [-0.39, 0.29) is 9.09 Å². The van der Waals surface area contributed by atoms with Gasteiger partial charge < -0.3 is 0 Å². The second-order valence-corrected chi connectivity index (χ2v) is 6.30. The molecule has 19 heavy (non-hydrogen) atoms. The molecule has 0 saturated heterocycles. The number of sulfonamides is 1. The Morgan fingerprint density at radius 1 is 1.26 bits per heavy atom. The van der Waals surface area contributed by atoms with Crippen LogP contribution in [0.2, 0.25) is 0 Å². The van der Waals surface area contributed by atoms with Crippen LogP contribution in [0, 0.1) is 23.2 Å². The number of thiophene rings is 1. The summed E-state index contributed by atoms with van der Waals surface area (Å²) in [6.07, 6.45) is 0. The van der Waals surface area contributed by atoms with Gasteiger partial charge in [0, 0.05) is 0 Å². The summed E-state index contributed by atoms with van der Waals surface area (Å²) in [7, 11) is -4.02. The second kappa shape index (κ2) is 4.91. The fraction of sp³-hybridized carbons (Fsp3) is 0. The van der Waals surface area contributed by atoms with Crippen molar-refractivity contribution in [2.45, 2.75) is 4.21 Å². The topological polar surface area (TPSA) is 82.8 Å². The van der Waals surface area contributed by atoms with Crippen molar-refractivity contribution in [1.29, 1.82) is 5.26 Å². The van der Waals surface area contributed by atoms with Crippen LogP contribution in [0.4, 0.5) is 14.5 Å². The predicted molar refractivity (Wildman–Crippen MR) is 64.0 cm³/mol. The third-order valence-electron chi connectivity index (χ3n) is 2.02. The van der Waals surface area contributed by atoms with Gasteiger partial charge in [0.15, 0.2) is 0 Å². The number of halogens is 2. The first-order chi connectivity index (χ1) is 8.92. The molecule has 0 aromatic carbocycles. The van der Waals surface area contributed by atoms with Gasteiger partial charge in [0.05, 0.1) is 0 Å². The van der Waals surface area contributed by atoms with E-state index < -0.39 is 27.6 Å². The zero-order chi connectivity index (χ0) is 14.0. The van der Waals surface area contributed by atoms with E-state index >= 15 is 0 Å². The molecule has 0 radical (unpaired) electrons.